The fourth-order valence-electron chi connectivity index (χ4n) is 3.57. The summed E-state index contributed by atoms with van der Waals surface area (Å²) in [5.41, 5.74) is 1.80. The van der Waals surface area contributed by atoms with E-state index in [0.29, 0.717) is 12.4 Å². The number of halogens is 1. The summed E-state index contributed by atoms with van der Waals surface area (Å²) in [5, 5.41) is 4.33. The molecule has 11 heteroatoms. The molecule has 2 aromatic heterocycles. The van der Waals surface area contributed by atoms with Crippen LogP contribution in [0.25, 0.3) is 11.0 Å². The van der Waals surface area contributed by atoms with Crippen LogP contribution in [0.4, 0.5) is 5.82 Å². The summed E-state index contributed by atoms with van der Waals surface area (Å²) in [5.74, 6) is 2.20. The maximum absolute atomic E-state index is 6.33. The molecule has 3 heterocycles. The lowest BCUT2D eigenvalue weighted by Crippen LogP contribution is -2.41. The number of ether oxygens (including phenoxy) is 2. The number of aromatic nitrogens is 3. The minimum atomic E-state index is -0.519. The Bertz CT molecular complexity index is 1120. The summed E-state index contributed by atoms with van der Waals surface area (Å²) in [6.07, 6.45) is 3.57. The first-order valence-electron chi connectivity index (χ1n) is 10.2. The Morgan fingerprint density at radius 2 is 1.84 bits per heavy atom. The number of rotatable bonds is 7. The van der Waals surface area contributed by atoms with E-state index in [1.54, 1.807) is 20.5 Å². The van der Waals surface area contributed by atoms with Crippen LogP contribution in [0.3, 0.4) is 0 Å². The van der Waals surface area contributed by atoms with Gasteiger partial charge in [0.15, 0.2) is 5.65 Å². The molecule has 0 saturated carbocycles. The Labute approximate surface area is 204 Å². The van der Waals surface area contributed by atoms with Crippen molar-refractivity contribution in [2.24, 2.45) is 0 Å². The van der Waals surface area contributed by atoms with Gasteiger partial charge in [0.05, 0.1) is 30.8 Å². The van der Waals surface area contributed by atoms with E-state index in [0.717, 1.165) is 33.6 Å². The van der Waals surface area contributed by atoms with E-state index in [2.05, 4.69) is 36.5 Å². The van der Waals surface area contributed by atoms with Gasteiger partial charge in [0.1, 0.15) is 23.6 Å². The van der Waals surface area contributed by atoms with Gasteiger partial charge in [0.2, 0.25) is 0 Å². The molecule has 1 fully saturated rings. The zero-order chi connectivity index (χ0) is 23.1. The predicted molar refractivity (Wildman–Crippen MR) is 137 cm³/mol. The van der Waals surface area contributed by atoms with Crippen LogP contribution in [-0.2, 0) is 15.9 Å². The van der Waals surface area contributed by atoms with Crippen LogP contribution in [0.5, 0.6) is 11.5 Å². The van der Waals surface area contributed by atoms with Crippen molar-refractivity contribution in [3.05, 3.63) is 36.3 Å². The summed E-state index contributed by atoms with van der Waals surface area (Å²) in [7, 11) is 4.30. The zero-order valence-corrected chi connectivity index (χ0v) is 21.9. The number of anilines is 1. The van der Waals surface area contributed by atoms with Crippen LogP contribution in [-0.4, -0.2) is 46.5 Å². The number of hydrogen-bond donors (Lipinski definition) is 1. The molecule has 1 saturated heterocycles. The van der Waals surface area contributed by atoms with Crippen molar-refractivity contribution in [3.8, 4) is 11.5 Å². The minimum absolute atomic E-state index is 0.441. The molecule has 0 unspecified atom stereocenters. The molecular formula is C21H26BIN4O4S. The molecule has 4 rings (SSSR count). The van der Waals surface area contributed by atoms with E-state index >= 15 is 0 Å². The third kappa shape index (κ3) is 4.15. The first-order chi connectivity index (χ1) is 15.2. The van der Waals surface area contributed by atoms with Crippen LogP contribution in [0.15, 0.2) is 30.7 Å². The molecule has 170 valence electrons. The standard InChI is InChI=1S/C21H26BIN4O4S/c1-20(2)21(3,4)31-22(30-20)15-11-27(32-23)19-17(15)18(25-12-26-19)24-10-13-7-8-14(28-5)9-16(13)29-6/h7-9,11-12H,10H2,1-6H3,(H,24,25,26). The molecule has 8 nitrogen and oxygen atoms in total. The van der Waals surface area contributed by atoms with Crippen LogP contribution in [0, 0.1) is 0 Å². The lowest BCUT2D eigenvalue weighted by Gasteiger charge is -2.32. The molecule has 0 amide bonds. The highest BCUT2D eigenvalue weighted by molar-refractivity contribution is 14.2. The molecule has 0 radical (unpaired) electrons. The molecule has 3 aromatic rings. The highest BCUT2D eigenvalue weighted by atomic mass is 127. The van der Waals surface area contributed by atoms with Gasteiger partial charge in [-0.25, -0.2) is 9.97 Å². The number of nitrogens with zero attached hydrogens (tertiary/aromatic N) is 3. The second kappa shape index (κ2) is 8.92. The Balaban J connectivity index is 1.71. The van der Waals surface area contributed by atoms with Gasteiger partial charge >= 0.3 is 7.12 Å². The highest BCUT2D eigenvalue weighted by Gasteiger charge is 2.52. The van der Waals surface area contributed by atoms with Crippen LogP contribution >= 0.6 is 30.3 Å². The molecule has 1 N–H and O–H groups in total. The van der Waals surface area contributed by atoms with Crippen molar-refractivity contribution in [1.82, 2.24) is 13.9 Å². The second-order valence-electron chi connectivity index (χ2n) is 8.52. The highest BCUT2D eigenvalue weighted by Crippen LogP contribution is 2.38. The van der Waals surface area contributed by atoms with Gasteiger partial charge in [0.25, 0.3) is 0 Å². The number of benzene rings is 1. The maximum atomic E-state index is 6.33. The summed E-state index contributed by atoms with van der Waals surface area (Å²) in [4.78, 5) is 9.06. The maximum Gasteiger partial charge on any atom is 0.497 e. The molecule has 1 aromatic carbocycles. The van der Waals surface area contributed by atoms with Crippen molar-refractivity contribution in [2.45, 2.75) is 45.4 Å². The molecular weight excluding hydrogens is 542 g/mol. The van der Waals surface area contributed by atoms with E-state index in [1.165, 1.54) is 9.12 Å². The Kier molecular flexibility index (Phi) is 6.54. The summed E-state index contributed by atoms with van der Waals surface area (Å²) in [6.45, 7) is 8.70. The van der Waals surface area contributed by atoms with Gasteiger partial charge in [-0.2, -0.15) is 0 Å². The van der Waals surface area contributed by atoms with E-state index in [9.17, 15) is 0 Å². The van der Waals surface area contributed by atoms with Crippen molar-refractivity contribution in [1.29, 1.82) is 0 Å². The molecule has 1 aliphatic heterocycles. The van der Waals surface area contributed by atoms with E-state index < -0.39 is 18.3 Å². The van der Waals surface area contributed by atoms with Gasteiger partial charge in [0, 0.05) is 60.2 Å². The summed E-state index contributed by atoms with van der Waals surface area (Å²) in [6, 6.07) is 5.75. The average molecular weight is 568 g/mol. The Hall–Kier alpha value is -1.70. The number of fused-ring (bicyclic) bond motifs is 1. The summed E-state index contributed by atoms with van der Waals surface area (Å²) >= 11 is 2.24. The van der Waals surface area contributed by atoms with Gasteiger partial charge in [-0.1, -0.05) is 0 Å². The predicted octanol–water partition coefficient (Wildman–Crippen LogP) is 4.21. The molecule has 0 aliphatic carbocycles. The fourth-order valence-corrected chi connectivity index (χ4v) is 4.83. The van der Waals surface area contributed by atoms with Crippen molar-refractivity contribution in [3.63, 3.8) is 0 Å². The molecule has 1 aliphatic rings. The lowest BCUT2D eigenvalue weighted by atomic mass is 9.79. The van der Waals surface area contributed by atoms with Crippen molar-refractivity contribution < 1.29 is 18.8 Å². The van der Waals surface area contributed by atoms with Gasteiger partial charge in [-0.05, 0) is 39.8 Å². The summed E-state index contributed by atoms with van der Waals surface area (Å²) < 4.78 is 25.5. The van der Waals surface area contributed by atoms with Gasteiger partial charge in [-0.15, -0.1) is 0 Å². The topological polar surface area (TPSA) is 79.7 Å². The van der Waals surface area contributed by atoms with Crippen LogP contribution in [0.1, 0.15) is 33.3 Å². The lowest BCUT2D eigenvalue weighted by molar-refractivity contribution is 0.00578. The van der Waals surface area contributed by atoms with Crippen molar-refractivity contribution >= 4 is 59.8 Å². The van der Waals surface area contributed by atoms with E-state index in [-0.39, 0.29) is 0 Å². The van der Waals surface area contributed by atoms with Crippen LogP contribution < -0.4 is 20.3 Å². The number of methoxy groups -OCH3 is 2. The quantitative estimate of drug-likeness (QED) is 0.336. The number of nitrogens with one attached hydrogen (secondary N) is 1. The monoisotopic (exact) mass is 568 g/mol. The Morgan fingerprint density at radius 1 is 1.12 bits per heavy atom. The van der Waals surface area contributed by atoms with Crippen LogP contribution in [0.2, 0.25) is 0 Å². The van der Waals surface area contributed by atoms with E-state index in [1.807, 2.05) is 56.1 Å². The van der Waals surface area contributed by atoms with E-state index in [4.69, 9.17) is 18.8 Å². The third-order valence-corrected chi connectivity index (χ3v) is 7.80. The third-order valence-electron chi connectivity index (χ3n) is 6.10. The smallest absolute Gasteiger partial charge is 0.497 e. The first kappa shape index (κ1) is 23.5. The molecule has 0 atom stereocenters. The van der Waals surface area contributed by atoms with Crippen molar-refractivity contribution in [2.75, 3.05) is 19.5 Å². The SMILES string of the molecule is COc1ccc(CNc2ncnc3c2c(B2OC(C)(C)C(C)(C)O2)cn3SI)c(OC)c1. The fraction of sp³-hybridized carbons (Fsp3) is 0.429. The average Bonchev–Trinajstić information content (AvgIpc) is 3.25. The zero-order valence-electron chi connectivity index (χ0n) is 18.9. The normalized spacial score (nSPS) is 17.0. The molecule has 0 spiro atoms. The molecule has 32 heavy (non-hydrogen) atoms. The second-order valence-corrected chi connectivity index (χ2v) is 10.2. The Morgan fingerprint density at radius 3 is 2.47 bits per heavy atom. The van der Waals surface area contributed by atoms with Gasteiger partial charge < -0.3 is 24.1 Å². The molecule has 0 bridgehead atoms. The van der Waals surface area contributed by atoms with Gasteiger partial charge in [-0.3, -0.25) is 3.97 Å². The minimum Gasteiger partial charge on any atom is -0.497 e. The number of hydrogen-bond acceptors (Lipinski definition) is 8. The first-order valence-corrected chi connectivity index (χ1v) is 13.5. The largest absolute Gasteiger partial charge is 0.497 e.